The van der Waals surface area contributed by atoms with Crippen LogP contribution in [0.4, 0.5) is 4.39 Å². The van der Waals surface area contributed by atoms with E-state index in [0.29, 0.717) is 0 Å². The van der Waals surface area contributed by atoms with Crippen molar-refractivity contribution >= 4 is 20.9 Å². The van der Waals surface area contributed by atoms with Crippen molar-refractivity contribution in [2.75, 3.05) is 13.7 Å². The summed E-state index contributed by atoms with van der Waals surface area (Å²) in [5.74, 6) is 0.00875. The van der Waals surface area contributed by atoms with Crippen molar-refractivity contribution in [2.24, 2.45) is 0 Å². The van der Waals surface area contributed by atoms with Gasteiger partial charge in [0.05, 0.1) is 12.0 Å². The lowest BCUT2D eigenvalue weighted by molar-refractivity contribution is 0.414. The molecule has 0 radical (unpaired) electrons. The molecule has 1 aromatic heterocycles. The molecule has 7 heteroatoms. The minimum Gasteiger partial charge on any atom is -0.497 e. The first-order valence-corrected chi connectivity index (χ1v) is 10.9. The summed E-state index contributed by atoms with van der Waals surface area (Å²) in [4.78, 5) is 3.28. The maximum absolute atomic E-state index is 13.2. The van der Waals surface area contributed by atoms with Crippen LogP contribution >= 0.6 is 0 Å². The molecule has 4 aromatic rings. The Labute approximate surface area is 174 Å². The van der Waals surface area contributed by atoms with Crippen molar-refractivity contribution in [1.82, 2.24) is 9.71 Å². The van der Waals surface area contributed by atoms with E-state index < -0.39 is 15.8 Å². The third-order valence-electron chi connectivity index (χ3n) is 5.12. The van der Waals surface area contributed by atoms with E-state index in [0.717, 1.165) is 39.9 Å². The number of sulfonamides is 1. The minimum atomic E-state index is -3.79. The van der Waals surface area contributed by atoms with Crippen molar-refractivity contribution in [3.8, 4) is 5.75 Å². The number of para-hydroxylation sites is 1. The Hall–Kier alpha value is -3.16. The van der Waals surface area contributed by atoms with Crippen LogP contribution in [0.25, 0.3) is 10.9 Å². The molecule has 5 nitrogen and oxygen atoms in total. The van der Waals surface area contributed by atoms with Crippen molar-refractivity contribution in [2.45, 2.75) is 10.8 Å². The van der Waals surface area contributed by atoms with Crippen LogP contribution < -0.4 is 9.46 Å². The van der Waals surface area contributed by atoms with Gasteiger partial charge in [0.2, 0.25) is 10.0 Å². The molecule has 0 spiro atoms. The second-order valence-electron chi connectivity index (χ2n) is 6.92. The Bertz CT molecular complexity index is 1250. The number of halogens is 1. The summed E-state index contributed by atoms with van der Waals surface area (Å²) in [6, 6.07) is 20.2. The lowest BCUT2D eigenvalue weighted by Gasteiger charge is -2.19. The third-order valence-corrected chi connectivity index (χ3v) is 6.56. The Morgan fingerprint density at radius 3 is 2.40 bits per heavy atom. The quantitative estimate of drug-likeness (QED) is 0.461. The number of methoxy groups -OCH3 is 1. The number of hydrogen-bond acceptors (Lipinski definition) is 3. The fourth-order valence-corrected chi connectivity index (χ4v) is 4.56. The molecule has 154 valence electrons. The SMILES string of the molecule is COc1ccc([C@@H](CNS(=O)(=O)c2ccc(F)cc2)c2c[nH]c3ccccc23)cc1. The van der Waals surface area contributed by atoms with Gasteiger partial charge >= 0.3 is 0 Å². The molecule has 2 N–H and O–H groups in total. The number of hydrogen-bond donors (Lipinski definition) is 2. The highest BCUT2D eigenvalue weighted by Gasteiger charge is 2.22. The predicted molar refractivity (Wildman–Crippen MR) is 115 cm³/mol. The van der Waals surface area contributed by atoms with Crippen LogP contribution in [0.5, 0.6) is 5.75 Å². The van der Waals surface area contributed by atoms with Gasteiger partial charge in [-0.25, -0.2) is 17.5 Å². The molecule has 0 aliphatic heterocycles. The molecule has 3 aromatic carbocycles. The molecule has 0 unspecified atom stereocenters. The fourth-order valence-electron chi connectivity index (χ4n) is 3.52. The number of nitrogens with one attached hydrogen (secondary N) is 2. The Kier molecular flexibility index (Phi) is 5.57. The monoisotopic (exact) mass is 424 g/mol. The molecule has 30 heavy (non-hydrogen) atoms. The minimum absolute atomic E-state index is 0.0244. The number of rotatable bonds is 7. The topological polar surface area (TPSA) is 71.2 Å². The van der Waals surface area contributed by atoms with Gasteiger partial charge < -0.3 is 9.72 Å². The van der Waals surface area contributed by atoms with E-state index in [1.807, 2.05) is 54.7 Å². The first-order valence-electron chi connectivity index (χ1n) is 9.43. The second-order valence-corrected chi connectivity index (χ2v) is 8.69. The Morgan fingerprint density at radius 1 is 1.00 bits per heavy atom. The summed E-state index contributed by atoms with van der Waals surface area (Å²) in [5, 5.41) is 1.03. The molecule has 0 aliphatic carbocycles. The number of aromatic amines is 1. The van der Waals surface area contributed by atoms with Crippen LogP contribution in [-0.2, 0) is 10.0 Å². The van der Waals surface area contributed by atoms with Crippen molar-refractivity contribution < 1.29 is 17.5 Å². The van der Waals surface area contributed by atoms with Crippen LogP contribution in [0.2, 0.25) is 0 Å². The highest BCUT2D eigenvalue weighted by molar-refractivity contribution is 7.89. The van der Waals surface area contributed by atoms with Crippen molar-refractivity contribution in [3.05, 3.63) is 95.9 Å². The van der Waals surface area contributed by atoms with Gasteiger partial charge in [0.1, 0.15) is 11.6 Å². The zero-order valence-electron chi connectivity index (χ0n) is 16.3. The third kappa shape index (κ3) is 4.08. The molecule has 0 bridgehead atoms. The zero-order chi connectivity index (χ0) is 21.1. The summed E-state index contributed by atoms with van der Waals surface area (Å²) in [7, 11) is -2.19. The van der Waals surface area contributed by atoms with Gasteiger partial charge in [-0.2, -0.15) is 0 Å². The van der Waals surface area contributed by atoms with E-state index in [9.17, 15) is 12.8 Å². The summed E-state index contributed by atoms with van der Waals surface area (Å²) in [6.07, 6.45) is 1.91. The van der Waals surface area contributed by atoms with Crippen LogP contribution in [-0.4, -0.2) is 27.1 Å². The van der Waals surface area contributed by atoms with Crippen LogP contribution in [0.3, 0.4) is 0 Å². The van der Waals surface area contributed by atoms with E-state index in [2.05, 4.69) is 9.71 Å². The maximum Gasteiger partial charge on any atom is 0.240 e. The lowest BCUT2D eigenvalue weighted by atomic mass is 9.91. The summed E-state index contributed by atoms with van der Waals surface area (Å²) in [5.41, 5.74) is 2.91. The van der Waals surface area contributed by atoms with E-state index >= 15 is 0 Å². The molecular formula is C23H21FN2O3S. The highest BCUT2D eigenvalue weighted by Crippen LogP contribution is 2.31. The van der Waals surface area contributed by atoms with Crippen LogP contribution in [0.1, 0.15) is 17.0 Å². The van der Waals surface area contributed by atoms with Crippen LogP contribution in [0, 0.1) is 5.82 Å². The molecule has 0 fully saturated rings. The molecule has 0 saturated heterocycles. The first-order chi connectivity index (χ1) is 14.5. The van der Waals surface area contributed by atoms with E-state index in [4.69, 9.17) is 4.74 Å². The lowest BCUT2D eigenvalue weighted by Crippen LogP contribution is -2.29. The molecule has 0 aliphatic rings. The maximum atomic E-state index is 13.2. The van der Waals surface area contributed by atoms with Gasteiger partial charge in [0.15, 0.2) is 0 Å². The first kappa shape index (κ1) is 20.1. The largest absolute Gasteiger partial charge is 0.497 e. The average molecular weight is 424 g/mol. The number of fused-ring (bicyclic) bond motifs is 1. The second kappa shape index (κ2) is 8.30. The van der Waals surface area contributed by atoms with Gasteiger partial charge in [-0.05, 0) is 53.6 Å². The number of benzene rings is 3. The van der Waals surface area contributed by atoms with E-state index in [-0.39, 0.29) is 17.4 Å². The Morgan fingerprint density at radius 2 is 1.70 bits per heavy atom. The molecule has 1 atom stereocenters. The molecular weight excluding hydrogens is 403 g/mol. The summed E-state index contributed by atoms with van der Waals surface area (Å²) < 4.78 is 46.6. The highest BCUT2D eigenvalue weighted by atomic mass is 32.2. The van der Waals surface area contributed by atoms with Gasteiger partial charge in [0.25, 0.3) is 0 Å². The number of H-pyrrole nitrogens is 1. The van der Waals surface area contributed by atoms with Crippen molar-refractivity contribution in [1.29, 1.82) is 0 Å². The summed E-state index contributed by atoms with van der Waals surface area (Å²) >= 11 is 0. The summed E-state index contributed by atoms with van der Waals surface area (Å²) in [6.45, 7) is 0.147. The van der Waals surface area contributed by atoms with Crippen LogP contribution in [0.15, 0.2) is 83.9 Å². The average Bonchev–Trinajstić information content (AvgIpc) is 3.19. The standard InChI is InChI=1S/C23H21FN2O3S/c1-29-18-10-6-16(7-11-18)21(22-14-25-23-5-3-2-4-20(22)23)15-26-30(27,28)19-12-8-17(24)9-13-19/h2-14,21,25-26H,15H2,1H3/t21-/m1/s1. The molecule has 0 saturated carbocycles. The predicted octanol–water partition coefficient (Wildman–Crippen LogP) is 4.43. The molecule has 1 heterocycles. The van der Waals surface area contributed by atoms with E-state index in [1.54, 1.807) is 7.11 Å². The molecule has 0 amide bonds. The van der Waals surface area contributed by atoms with Crippen molar-refractivity contribution in [3.63, 3.8) is 0 Å². The number of ether oxygens (including phenoxy) is 1. The molecule has 4 rings (SSSR count). The van der Waals surface area contributed by atoms with Gasteiger partial charge in [-0.3, -0.25) is 0 Å². The smallest absolute Gasteiger partial charge is 0.240 e. The Balaban J connectivity index is 1.69. The van der Waals surface area contributed by atoms with Gasteiger partial charge in [-0.1, -0.05) is 30.3 Å². The van der Waals surface area contributed by atoms with Gasteiger partial charge in [-0.15, -0.1) is 0 Å². The fraction of sp³-hybridized carbons (Fsp3) is 0.130. The van der Waals surface area contributed by atoms with Gasteiger partial charge in [0, 0.05) is 29.6 Å². The zero-order valence-corrected chi connectivity index (χ0v) is 17.1. The number of aromatic nitrogens is 1. The van der Waals surface area contributed by atoms with E-state index in [1.165, 1.54) is 12.1 Å². The normalized spacial score (nSPS) is 12.7.